The fourth-order valence-electron chi connectivity index (χ4n) is 2.69. The Bertz CT molecular complexity index is 487. The van der Waals surface area contributed by atoms with E-state index in [0.29, 0.717) is 12.6 Å². The van der Waals surface area contributed by atoms with Crippen molar-refractivity contribution in [2.24, 2.45) is 4.99 Å². The lowest BCUT2D eigenvalue weighted by Gasteiger charge is -2.38. The molecule has 0 bridgehead atoms. The number of hydrogen-bond donors (Lipinski definition) is 3. The predicted octanol–water partition coefficient (Wildman–Crippen LogP) is 0.701. The van der Waals surface area contributed by atoms with E-state index in [1.165, 1.54) is 0 Å². The average molecular weight is 371 g/mol. The summed E-state index contributed by atoms with van der Waals surface area (Å²) in [5.41, 5.74) is -0.980. The molecule has 0 aromatic heterocycles. The first-order valence-corrected chi connectivity index (χ1v) is 9.26. The Hall–Kier alpha value is -1.54. The quantitative estimate of drug-likeness (QED) is 0.488. The minimum Gasteiger partial charge on any atom is -0.444 e. The van der Waals surface area contributed by atoms with Gasteiger partial charge in [0.05, 0.1) is 5.54 Å². The Morgan fingerprint density at radius 3 is 2.38 bits per heavy atom. The lowest BCUT2D eigenvalue weighted by molar-refractivity contribution is 0.0474. The molecule has 26 heavy (non-hydrogen) atoms. The monoisotopic (exact) mass is 370 g/mol. The molecule has 1 atom stereocenters. The molecule has 1 rings (SSSR count). The van der Waals surface area contributed by atoms with Gasteiger partial charge in [0.15, 0.2) is 5.96 Å². The second-order valence-corrected chi connectivity index (χ2v) is 8.71. The van der Waals surface area contributed by atoms with E-state index in [-0.39, 0.29) is 0 Å². The van der Waals surface area contributed by atoms with Gasteiger partial charge in [-0.25, -0.2) is 4.79 Å². The third-order valence-corrected chi connectivity index (χ3v) is 4.25. The van der Waals surface area contributed by atoms with Crippen molar-refractivity contribution in [2.45, 2.75) is 51.8 Å². The Morgan fingerprint density at radius 1 is 1.15 bits per heavy atom. The number of nitrogens with one attached hydrogen (secondary N) is 3. The van der Waals surface area contributed by atoms with Crippen LogP contribution in [0.4, 0.5) is 4.79 Å². The number of ether oxygens (including phenoxy) is 1. The number of alkyl carbamates (subject to hydrolysis) is 1. The summed E-state index contributed by atoms with van der Waals surface area (Å²) in [6.07, 6.45) is -0.417. The first-order valence-electron chi connectivity index (χ1n) is 9.26. The van der Waals surface area contributed by atoms with Gasteiger partial charge in [0.2, 0.25) is 0 Å². The van der Waals surface area contributed by atoms with E-state index in [4.69, 9.17) is 4.74 Å². The van der Waals surface area contributed by atoms with E-state index in [1.54, 1.807) is 7.05 Å². The molecule has 152 valence electrons. The summed E-state index contributed by atoms with van der Waals surface area (Å²) < 4.78 is 5.32. The average Bonchev–Trinajstić information content (AvgIpc) is 2.48. The second kappa shape index (κ2) is 9.41. The lowest BCUT2D eigenvalue weighted by atomic mass is 10.1. The van der Waals surface area contributed by atoms with Gasteiger partial charge in [-0.15, -0.1) is 0 Å². The highest BCUT2D eigenvalue weighted by Gasteiger charge is 2.25. The molecular weight excluding hydrogens is 332 g/mol. The fraction of sp³-hybridized carbons (Fsp3) is 0.889. The van der Waals surface area contributed by atoms with Crippen LogP contribution in [0.1, 0.15) is 34.6 Å². The zero-order valence-electron chi connectivity index (χ0n) is 17.8. The van der Waals surface area contributed by atoms with Gasteiger partial charge in [-0.1, -0.05) is 0 Å². The van der Waals surface area contributed by atoms with E-state index in [9.17, 15) is 4.79 Å². The van der Waals surface area contributed by atoms with Crippen LogP contribution in [0.3, 0.4) is 0 Å². The molecule has 0 aliphatic carbocycles. The molecule has 8 nitrogen and oxygen atoms in total. The van der Waals surface area contributed by atoms with Crippen molar-refractivity contribution in [3.63, 3.8) is 0 Å². The van der Waals surface area contributed by atoms with Crippen molar-refractivity contribution >= 4 is 12.1 Å². The van der Waals surface area contributed by atoms with Crippen molar-refractivity contribution in [2.75, 3.05) is 53.9 Å². The number of amides is 1. The molecule has 1 aliphatic rings. The molecule has 0 aromatic carbocycles. The van der Waals surface area contributed by atoms with Crippen LogP contribution < -0.4 is 16.0 Å². The highest BCUT2D eigenvalue weighted by atomic mass is 16.6. The number of carbonyl (C=O) groups excluding carboxylic acids is 1. The number of hydrogen-bond acceptors (Lipinski definition) is 5. The van der Waals surface area contributed by atoms with Gasteiger partial charge in [0, 0.05) is 45.8 Å². The van der Waals surface area contributed by atoms with Gasteiger partial charge >= 0.3 is 6.09 Å². The van der Waals surface area contributed by atoms with E-state index in [2.05, 4.69) is 44.8 Å². The van der Waals surface area contributed by atoms with Crippen LogP contribution in [0.2, 0.25) is 0 Å². The number of carbonyl (C=O) groups is 1. The van der Waals surface area contributed by atoms with E-state index < -0.39 is 17.2 Å². The van der Waals surface area contributed by atoms with Crippen LogP contribution >= 0.6 is 0 Å². The molecule has 1 heterocycles. The van der Waals surface area contributed by atoms with Gasteiger partial charge in [-0.3, -0.25) is 9.89 Å². The van der Waals surface area contributed by atoms with E-state index in [0.717, 1.165) is 32.1 Å². The SMILES string of the molecule is CN=C(NCC1CN(C)CCN1C)NCC(C)(C)NC(=O)OC(C)(C)C. The molecule has 0 saturated carbocycles. The molecule has 1 aliphatic heterocycles. The number of rotatable bonds is 5. The Kier molecular flexibility index (Phi) is 8.15. The van der Waals surface area contributed by atoms with Gasteiger partial charge in [-0.05, 0) is 48.7 Å². The maximum Gasteiger partial charge on any atom is 0.408 e. The molecule has 1 amide bonds. The molecule has 1 unspecified atom stereocenters. The van der Waals surface area contributed by atoms with Crippen LogP contribution in [0.5, 0.6) is 0 Å². The minimum absolute atomic E-state index is 0.417. The van der Waals surface area contributed by atoms with Crippen LogP contribution in [-0.2, 0) is 4.74 Å². The van der Waals surface area contributed by atoms with E-state index >= 15 is 0 Å². The molecule has 0 radical (unpaired) electrons. The molecule has 0 spiro atoms. The number of piperazine rings is 1. The largest absolute Gasteiger partial charge is 0.444 e. The summed E-state index contributed by atoms with van der Waals surface area (Å²) in [6, 6.07) is 0.445. The highest BCUT2D eigenvalue weighted by molar-refractivity contribution is 5.79. The van der Waals surface area contributed by atoms with Crippen LogP contribution in [0.15, 0.2) is 4.99 Å². The van der Waals surface area contributed by atoms with Crippen molar-refractivity contribution < 1.29 is 9.53 Å². The maximum absolute atomic E-state index is 12.0. The first kappa shape index (κ1) is 22.5. The molecule has 0 aromatic rings. The molecule has 3 N–H and O–H groups in total. The topological polar surface area (TPSA) is 81.2 Å². The van der Waals surface area contributed by atoms with Crippen molar-refractivity contribution in [1.82, 2.24) is 25.8 Å². The third-order valence-electron chi connectivity index (χ3n) is 4.25. The van der Waals surface area contributed by atoms with Gasteiger partial charge in [-0.2, -0.15) is 0 Å². The smallest absolute Gasteiger partial charge is 0.408 e. The van der Waals surface area contributed by atoms with Gasteiger partial charge < -0.3 is 25.6 Å². The Balaban J connectivity index is 2.43. The standard InChI is InChI=1S/C18H38N6O2/c1-17(2,3)26-16(25)22-18(4,5)13-21-15(19-6)20-11-14-12-23(7)9-10-24(14)8/h14H,9-13H2,1-8H3,(H,22,25)(H2,19,20,21). The summed E-state index contributed by atoms with van der Waals surface area (Å²) >= 11 is 0. The van der Waals surface area contributed by atoms with Crippen LogP contribution in [-0.4, -0.2) is 92.9 Å². The third kappa shape index (κ3) is 8.71. The van der Waals surface area contributed by atoms with E-state index in [1.807, 2.05) is 34.6 Å². The van der Waals surface area contributed by atoms with Gasteiger partial charge in [0.25, 0.3) is 0 Å². The Labute approximate surface area is 158 Å². The zero-order chi connectivity index (χ0) is 20.0. The summed E-state index contributed by atoms with van der Waals surface area (Å²) in [6.45, 7) is 14.0. The summed E-state index contributed by atoms with van der Waals surface area (Å²) in [4.78, 5) is 21.0. The van der Waals surface area contributed by atoms with Crippen LogP contribution in [0.25, 0.3) is 0 Å². The summed E-state index contributed by atoms with van der Waals surface area (Å²) in [7, 11) is 6.06. The first-order chi connectivity index (χ1) is 11.9. The summed E-state index contributed by atoms with van der Waals surface area (Å²) in [5.74, 6) is 0.727. The molecule has 1 saturated heterocycles. The molecular formula is C18H38N6O2. The number of aliphatic imine (C=N–C) groups is 1. The predicted molar refractivity (Wildman–Crippen MR) is 107 cm³/mol. The number of nitrogens with zero attached hydrogens (tertiary/aromatic N) is 3. The second-order valence-electron chi connectivity index (χ2n) is 8.71. The van der Waals surface area contributed by atoms with Crippen LogP contribution in [0, 0.1) is 0 Å². The van der Waals surface area contributed by atoms with Crippen molar-refractivity contribution in [1.29, 1.82) is 0 Å². The normalized spacial score (nSPS) is 20.6. The highest BCUT2D eigenvalue weighted by Crippen LogP contribution is 2.09. The summed E-state index contributed by atoms with van der Waals surface area (Å²) in [5, 5.41) is 9.55. The fourth-order valence-corrected chi connectivity index (χ4v) is 2.69. The van der Waals surface area contributed by atoms with Gasteiger partial charge in [0.1, 0.15) is 5.60 Å². The molecule has 8 heteroatoms. The number of guanidine groups is 1. The van der Waals surface area contributed by atoms with Crippen molar-refractivity contribution in [3.05, 3.63) is 0 Å². The molecule has 1 fully saturated rings. The maximum atomic E-state index is 12.0. The van der Waals surface area contributed by atoms with Crippen molar-refractivity contribution in [3.8, 4) is 0 Å². The zero-order valence-corrected chi connectivity index (χ0v) is 17.8. The lowest BCUT2D eigenvalue weighted by Crippen LogP contribution is -2.57. The minimum atomic E-state index is -0.510. The Morgan fingerprint density at radius 2 is 1.81 bits per heavy atom. The number of likely N-dealkylation sites (N-methyl/N-ethyl adjacent to an activating group) is 2.